The molecule has 3 heterocycles. The number of amides is 3. The number of ether oxygens (including phenoxy) is 3. The lowest BCUT2D eigenvalue weighted by Crippen LogP contribution is -2.51. The number of carbonyl (C=O) groups is 3. The third-order valence-electron chi connectivity index (χ3n) is 8.33. The second-order valence-corrected chi connectivity index (χ2v) is 13.5. The van der Waals surface area contributed by atoms with E-state index >= 15 is 4.39 Å². The lowest BCUT2D eigenvalue weighted by atomic mass is 9.92. The topological polar surface area (TPSA) is 134 Å². The fraction of sp³-hybridized carbons (Fsp3) is 0.571. The van der Waals surface area contributed by atoms with E-state index in [4.69, 9.17) is 14.2 Å². The molecule has 0 bridgehead atoms. The molecule has 2 aliphatic heterocycles. The summed E-state index contributed by atoms with van der Waals surface area (Å²) in [4.78, 5) is 45.9. The molecule has 254 valence electrons. The molecule has 11 nitrogen and oxygen atoms in total. The van der Waals surface area contributed by atoms with Crippen molar-refractivity contribution < 1.29 is 33.0 Å². The van der Waals surface area contributed by atoms with Gasteiger partial charge in [0.2, 0.25) is 11.8 Å². The van der Waals surface area contributed by atoms with Gasteiger partial charge >= 0.3 is 12.2 Å². The molecule has 1 aromatic heterocycles. The van der Waals surface area contributed by atoms with Gasteiger partial charge < -0.3 is 29.3 Å². The number of nitriles is 1. The first-order valence-electron chi connectivity index (χ1n) is 16.3. The van der Waals surface area contributed by atoms with Gasteiger partial charge in [-0.25, -0.2) is 19.0 Å². The van der Waals surface area contributed by atoms with Crippen molar-refractivity contribution in [2.75, 3.05) is 19.6 Å². The van der Waals surface area contributed by atoms with Crippen LogP contribution in [0.3, 0.4) is 0 Å². The van der Waals surface area contributed by atoms with Crippen molar-refractivity contribution in [1.82, 2.24) is 20.1 Å². The van der Waals surface area contributed by atoms with Crippen molar-refractivity contribution in [3.8, 4) is 23.1 Å². The van der Waals surface area contributed by atoms with Gasteiger partial charge in [0.1, 0.15) is 29.6 Å². The van der Waals surface area contributed by atoms with Gasteiger partial charge in [-0.1, -0.05) is 12.1 Å². The number of halogens is 1. The first-order valence-corrected chi connectivity index (χ1v) is 16.3. The molecular formula is C35H46FN5O6. The summed E-state index contributed by atoms with van der Waals surface area (Å²) < 4.78 is 32.3. The van der Waals surface area contributed by atoms with E-state index in [2.05, 4.69) is 16.4 Å². The number of rotatable bonds is 9. The Bertz CT molecular complexity index is 1450. The molecule has 0 aliphatic carbocycles. The summed E-state index contributed by atoms with van der Waals surface area (Å²) in [6, 6.07) is 8.68. The molecule has 2 aromatic rings. The zero-order chi connectivity index (χ0) is 34.3. The van der Waals surface area contributed by atoms with Crippen LogP contribution in [0.15, 0.2) is 36.5 Å². The highest BCUT2D eigenvalue weighted by atomic mass is 19.1. The number of hydrogen-bond donors (Lipinski definition) is 1. The SMILES string of the molecule is CC(C)OC(=O)N1CCC([C@H](C)Oc2ccc(-c3ccc(C[C@H](NC(=O)OC(C)(C)C)C(=O)N4CCC[C@H]4C#N)c(F)c3)cn2)CC1. The lowest BCUT2D eigenvalue weighted by molar-refractivity contribution is -0.133. The molecule has 0 radical (unpaired) electrons. The first-order chi connectivity index (χ1) is 22.2. The van der Waals surface area contributed by atoms with E-state index in [1.54, 1.807) is 56.1 Å². The molecule has 2 fully saturated rings. The summed E-state index contributed by atoms with van der Waals surface area (Å²) in [5, 5.41) is 12.1. The van der Waals surface area contributed by atoms with E-state index in [0.29, 0.717) is 49.5 Å². The number of hydrogen-bond acceptors (Lipinski definition) is 8. The van der Waals surface area contributed by atoms with Crippen LogP contribution >= 0.6 is 0 Å². The molecule has 0 unspecified atom stereocenters. The van der Waals surface area contributed by atoms with Crippen LogP contribution in [-0.4, -0.2) is 82.4 Å². The molecule has 2 saturated heterocycles. The summed E-state index contributed by atoms with van der Waals surface area (Å²) in [6.45, 7) is 12.4. The third-order valence-corrected chi connectivity index (χ3v) is 8.33. The molecule has 2 aliphatic rings. The Morgan fingerprint density at radius 3 is 2.36 bits per heavy atom. The van der Waals surface area contributed by atoms with Crippen molar-refractivity contribution in [2.45, 2.75) is 104 Å². The van der Waals surface area contributed by atoms with Crippen LogP contribution in [0, 0.1) is 23.1 Å². The van der Waals surface area contributed by atoms with Gasteiger partial charge in [-0.05, 0) is 96.4 Å². The minimum absolute atomic E-state index is 0.109. The van der Waals surface area contributed by atoms with Crippen molar-refractivity contribution >= 4 is 18.1 Å². The maximum atomic E-state index is 15.5. The Kier molecular flexibility index (Phi) is 11.7. The van der Waals surface area contributed by atoms with Crippen LogP contribution in [-0.2, 0) is 20.7 Å². The normalized spacial score (nSPS) is 18.3. The van der Waals surface area contributed by atoms with Crippen molar-refractivity contribution in [3.63, 3.8) is 0 Å². The molecule has 3 amide bonds. The highest BCUT2D eigenvalue weighted by Crippen LogP contribution is 2.27. The Balaban J connectivity index is 1.39. The number of likely N-dealkylation sites (tertiary alicyclic amines) is 2. The average molecular weight is 652 g/mol. The van der Waals surface area contributed by atoms with Crippen molar-refractivity contribution in [1.29, 1.82) is 5.26 Å². The number of nitrogens with zero attached hydrogens (tertiary/aromatic N) is 4. The maximum absolute atomic E-state index is 15.5. The second kappa shape index (κ2) is 15.5. The summed E-state index contributed by atoms with van der Waals surface area (Å²) in [5.41, 5.74) is 0.718. The number of benzene rings is 1. The summed E-state index contributed by atoms with van der Waals surface area (Å²) >= 11 is 0. The van der Waals surface area contributed by atoms with Crippen LogP contribution in [0.25, 0.3) is 11.1 Å². The Hall–Kier alpha value is -4.40. The number of aromatic nitrogens is 1. The number of carbonyl (C=O) groups excluding carboxylic acids is 3. The first kappa shape index (κ1) is 35.5. The van der Waals surface area contributed by atoms with Gasteiger partial charge in [-0.3, -0.25) is 4.79 Å². The van der Waals surface area contributed by atoms with Gasteiger partial charge in [0, 0.05) is 43.9 Å². The molecular weight excluding hydrogens is 605 g/mol. The molecule has 1 N–H and O–H groups in total. The Morgan fingerprint density at radius 2 is 1.77 bits per heavy atom. The summed E-state index contributed by atoms with van der Waals surface area (Å²) in [6.07, 6.45) is 3.00. The Morgan fingerprint density at radius 1 is 1.06 bits per heavy atom. The van der Waals surface area contributed by atoms with Gasteiger partial charge in [-0.15, -0.1) is 0 Å². The van der Waals surface area contributed by atoms with Gasteiger partial charge in [-0.2, -0.15) is 5.26 Å². The molecule has 3 atom stereocenters. The van der Waals surface area contributed by atoms with E-state index in [1.165, 1.54) is 11.0 Å². The smallest absolute Gasteiger partial charge is 0.410 e. The van der Waals surface area contributed by atoms with E-state index in [1.807, 2.05) is 20.8 Å². The van der Waals surface area contributed by atoms with Crippen LogP contribution in [0.2, 0.25) is 0 Å². The number of piperidine rings is 1. The van der Waals surface area contributed by atoms with Crippen molar-refractivity contribution in [3.05, 3.63) is 47.9 Å². The predicted molar refractivity (Wildman–Crippen MR) is 173 cm³/mol. The fourth-order valence-electron chi connectivity index (χ4n) is 5.86. The lowest BCUT2D eigenvalue weighted by Gasteiger charge is -2.34. The van der Waals surface area contributed by atoms with Crippen LogP contribution in [0.4, 0.5) is 14.0 Å². The maximum Gasteiger partial charge on any atom is 0.410 e. The van der Waals surface area contributed by atoms with Crippen LogP contribution in [0.5, 0.6) is 5.88 Å². The van der Waals surface area contributed by atoms with Crippen LogP contribution < -0.4 is 10.1 Å². The minimum atomic E-state index is -1.11. The largest absolute Gasteiger partial charge is 0.474 e. The number of alkyl carbamates (subject to hydrolysis) is 1. The van der Waals surface area contributed by atoms with Crippen molar-refractivity contribution in [2.24, 2.45) is 5.92 Å². The van der Waals surface area contributed by atoms with E-state index < -0.39 is 35.5 Å². The van der Waals surface area contributed by atoms with Gasteiger partial charge in [0.05, 0.1) is 12.2 Å². The minimum Gasteiger partial charge on any atom is -0.474 e. The van der Waals surface area contributed by atoms with E-state index in [9.17, 15) is 19.6 Å². The monoisotopic (exact) mass is 651 g/mol. The quantitative estimate of drug-likeness (QED) is 0.356. The molecule has 0 spiro atoms. The molecule has 4 rings (SSSR count). The van der Waals surface area contributed by atoms with E-state index in [0.717, 1.165) is 12.8 Å². The highest BCUT2D eigenvalue weighted by molar-refractivity contribution is 5.87. The van der Waals surface area contributed by atoms with Crippen LogP contribution in [0.1, 0.15) is 72.8 Å². The Labute approximate surface area is 276 Å². The fourth-order valence-corrected chi connectivity index (χ4v) is 5.86. The summed E-state index contributed by atoms with van der Waals surface area (Å²) in [5.74, 6) is -0.274. The van der Waals surface area contributed by atoms with Gasteiger partial charge in [0.15, 0.2) is 0 Å². The zero-order valence-electron chi connectivity index (χ0n) is 28.1. The zero-order valence-corrected chi connectivity index (χ0v) is 28.1. The van der Waals surface area contributed by atoms with E-state index in [-0.39, 0.29) is 36.2 Å². The molecule has 0 saturated carbocycles. The molecule has 47 heavy (non-hydrogen) atoms. The summed E-state index contributed by atoms with van der Waals surface area (Å²) in [7, 11) is 0. The van der Waals surface area contributed by atoms with Gasteiger partial charge in [0.25, 0.3) is 0 Å². The molecule has 1 aromatic carbocycles. The number of nitrogens with one attached hydrogen (secondary N) is 1. The number of pyridine rings is 1. The highest BCUT2D eigenvalue weighted by Gasteiger charge is 2.35. The predicted octanol–water partition coefficient (Wildman–Crippen LogP) is 5.86. The molecule has 12 heteroatoms. The standard InChI is InChI=1S/C35H46FN5O6/c1-22(2)45-34(44)40-16-13-24(14-17-40)23(3)46-31-12-11-27(21-38-31)25-9-10-26(29(36)18-25)19-30(39-33(43)47-35(4,5)6)32(42)41-15-7-8-28(41)20-37/h9-12,18,21-24,28,30H,7-8,13-17,19H2,1-6H3,(H,39,43)/t23-,28-,30-/m0/s1. The average Bonchev–Trinajstić information content (AvgIpc) is 3.49. The second-order valence-electron chi connectivity index (χ2n) is 13.5. The third kappa shape index (κ3) is 9.80.